The van der Waals surface area contributed by atoms with Gasteiger partial charge < -0.3 is 0 Å². The van der Waals surface area contributed by atoms with Crippen LogP contribution in [0.2, 0.25) is 0 Å². The molecule has 4 heteroatoms. The standard InChI is InChI=1S/C12H18N4/c1-7(2)10-11(8(3)4)15-12-9(14-10)6-13-16(12)5/h6-8H,1-5H3. The molecule has 0 saturated carbocycles. The highest BCUT2D eigenvalue weighted by atomic mass is 15.3. The maximum atomic E-state index is 4.69. The van der Waals surface area contributed by atoms with Crippen molar-refractivity contribution in [1.82, 2.24) is 19.7 Å². The van der Waals surface area contributed by atoms with E-state index in [9.17, 15) is 0 Å². The second-order valence-electron chi connectivity index (χ2n) is 4.78. The molecule has 4 nitrogen and oxygen atoms in total. The monoisotopic (exact) mass is 218 g/mol. The van der Waals surface area contributed by atoms with Crippen LogP contribution in [-0.2, 0) is 7.05 Å². The third kappa shape index (κ3) is 1.68. The van der Waals surface area contributed by atoms with E-state index in [0.717, 1.165) is 22.6 Å². The summed E-state index contributed by atoms with van der Waals surface area (Å²) in [6, 6.07) is 0. The summed E-state index contributed by atoms with van der Waals surface area (Å²) >= 11 is 0. The van der Waals surface area contributed by atoms with Crippen LogP contribution in [0.3, 0.4) is 0 Å². The first-order valence-electron chi connectivity index (χ1n) is 5.70. The zero-order chi connectivity index (χ0) is 11.9. The van der Waals surface area contributed by atoms with Crippen LogP contribution in [-0.4, -0.2) is 19.7 Å². The Kier molecular flexibility index (Phi) is 2.66. The fourth-order valence-corrected chi connectivity index (χ4v) is 1.84. The molecule has 2 aromatic heterocycles. The predicted octanol–water partition coefficient (Wildman–Crippen LogP) is 2.61. The van der Waals surface area contributed by atoms with E-state index in [2.05, 4.69) is 37.8 Å². The summed E-state index contributed by atoms with van der Waals surface area (Å²) in [5, 5.41) is 4.19. The van der Waals surface area contributed by atoms with Crippen molar-refractivity contribution in [2.24, 2.45) is 7.05 Å². The minimum atomic E-state index is 0.393. The minimum absolute atomic E-state index is 0.393. The lowest BCUT2D eigenvalue weighted by molar-refractivity contribution is 0.725. The van der Waals surface area contributed by atoms with Crippen molar-refractivity contribution in [2.45, 2.75) is 39.5 Å². The van der Waals surface area contributed by atoms with Gasteiger partial charge in [-0.25, -0.2) is 14.6 Å². The molecule has 2 rings (SSSR count). The largest absolute Gasteiger partial charge is 0.249 e. The molecule has 0 saturated heterocycles. The van der Waals surface area contributed by atoms with E-state index in [-0.39, 0.29) is 0 Å². The average molecular weight is 218 g/mol. The van der Waals surface area contributed by atoms with Crippen LogP contribution in [0, 0.1) is 0 Å². The van der Waals surface area contributed by atoms with E-state index in [1.165, 1.54) is 0 Å². The molecular formula is C12H18N4. The summed E-state index contributed by atoms with van der Waals surface area (Å²) < 4.78 is 1.78. The molecule has 0 bridgehead atoms. The molecule has 0 aromatic carbocycles. The SMILES string of the molecule is CC(C)c1nc2cnn(C)c2nc1C(C)C. The minimum Gasteiger partial charge on any atom is -0.249 e. The van der Waals surface area contributed by atoms with Crippen LogP contribution < -0.4 is 0 Å². The van der Waals surface area contributed by atoms with Crippen molar-refractivity contribution in [2.75, 3.05) is 0 Å². The van der Waals surface area contributed by atoms with Crippen molar-refractivity contribution in [1.29, 1.82) is 0 Å². The first-order valence-corrected chi connectivity index (χ1v) is 5.70. The molecule has 2 heterocycles. The molecule has 0 aliphatic heterocycles. The van der Waals surface area contributed by atoms with Crippen LogP contribution >= 0.6 is 0 Å². The van der Waals surface area contributed by atoms with Gasteiger partial charge in [0.1, 0.15) is 5.52 Å². The highest BCUT2D eigenvalue weighted by Crippen LogP contribution is 2.24. The van der Waals surface area contributed by atoms with Gasteiger partial charge in [0.2, 0.25) is 0 Å². The normalized spacial score (nSPS) is 11.9. The third-order valence-corrected chi connectivity index (χ3v) is 2.71. The molecule has 0 N–H and O–H groups in total. The Labute approximate surface area is 95.7 Å². The second-order valence-corrected chi connectivity index (χ2v) is 4.78. The van der Waals surface area contributed by atoms with E-state index < -0.39 is 0 Å². The van der Waals surface area contributed by atoms with Crippen molar-refractivity contribution >= 4 is 11.2 Å². The topological polar surface area (TPSA) is 43.6 Å². The van der Waals surface area contributed by atoms with Gasteiger partial charge in [-0.15, -0.1) is 0 Å². The van der Waals surface area contributed by atoms with E-state index in [1.54, 1.807) is 10.9 Å². The van der Waals surface area contributed by atoms with E-state index in [4.69, 9.17) is 4.98 Å². The first-order chi connectivity index (χ1) is 7.50. The lowest BCUT2D eigenvalue weighted by atomic mass is 10.0. The van der Waals surface area contributed by atoms with Gasteiger partial charge in [-0.05, 0) is 11.8 Å². The van der Waals surface area contributed by atoms with E-state index >= 15 is 0 Å². The lowest BCUT2D eigenvalue weighted by Gasteiger charge is -2.13. The summed E-state index contributed by atoms with van der Waals surface area (Å²) in [5.41, 5.74) is 3.94. The van der Waals surface area contributed by atoms with Crippen molar-refractivity contribution in [3.8, 4) is 0 Å². The second kappa shape index (κ2) is 3.85. The van der Waals surface area contributed by atoms with Crippen LogP contribution in [0.1, 0.15) is 50.9 Å². The van der Waals surface area contributed by atoms with Gasteiger partial charge in [-0.1, -0.05) is 27.7 Å². The number of hydrogen-bond acceptors (Lipinski definition) is 3. The molecule has 0 atom stereocenters. The molecule has 0 unspecified atom stereocenters. The summed E-state index contributed by atoms with van der Waals surface area (Å²) in [6.45, 7) is 8.60. The number of aromatic nitrogens is 4. The summed E-state index contributed by atoms with van der Waals surface area (Å²) in [5.74, 6) is 0.790. The molecular weight excluding hydrogens is 200 g/mol. The Morgan fingerprint density at radius 1 is 1.00 bits per heavy atom. The Balaban J connectivity index is 2.73. The van der Waals surface area contributed by atoms with E-state index in [1.807, 2.05) is 7.05 Å². The van der Waals surface area contributed by atoms with Crippen molar-refractivity contribution in [3.63, 3.8) is 0 Å². The van der Waals surface area contributed by atoms with Gasteiger partial charge in [-0.3, -0.25) is 0 Å². The Morgan fingerprint density at radius 2 is 1.56 bits per heavy atom. The summed E-state index contributed by atoms with van der Waals surface area (Å²) in [7, 11) is 1.90. The average Bonchev–Trinajstić information content (AvgIpc) is 2.58. The third-order valence-electron chi connectivity index (χ3n) is 2.71. The quantitative estimate of drug-likeness (QED) is 0.778. The molecule has 2 aromatic rings. The van der Waals surface area contributed by atoms with Crippen LogP contribution in [0.4, 0.5) is 0 Å². The van der Waals surface area contributed by atoms with Crippen LogP contribution in [0.15, 0.2) is 6.20 Å². The molecule has 0 aliphatic carbocycles. The van der Waals surface area contributed by atoms with Gasteiger partial charge in [0, 0.05) is 7.05 Å². The molecule has 0 radical (unpaired) electrons. The molecule has 16 heavy (non-hydrogen) atoms. The van der Waals surface area contributed by atoms with Crippen LogP contribution in [0.5, 0.6) is 0 Å². The number of nitrogens with zero attached hydrogens (tertiary/aromatic N) is 4. The Morgan fingerprint density at radius 3 is 2.12 bits per heavy atom. The van der Waals surface area contributed by atoms with Gasteiger partial charge in [0.15, 0.2) is 5.65 Å². The maximum absolute atomic E-state index is 4.69. The molecule has 86 valence electrons. The molecule has 0 aliphatic rings. The van der Waals surface area contributed by atoms with Gasteiger partial charge >= 0.3 is 0 Å². The van der Waals surface area contributed by atoms with Crippen LogP contribution in [0.25, 0.3) is 11.2 Å². The summed E-state index contributed by atoms with van der Waals surface area (Å²) in [4.78, 5) is 9.36. The maximum Gasteiger partial charge on any atom is 0.176 e. The highest BCUT2D eigenvalue weighted by molar-refractivity contribution is 5.69. The molecule has 0 amide bonds. The fraction of sp³-hybridized carbons (Fsp3) is 0.583. The lowest BCUT2D eigenvalue weighted by Crippen LogP contribution is -2.06. The molecule has 0 spiro atoms. The highest BCUT2D eigenvalue weighted by Gasteiger charge is 2.16. The molecule has 0 fully saturated rings. The zero-order valence-electron chi connectivity index (χ0n) is 10.5. The fourth-order valence-electron chi connectivity index (χ4n) is 1.84. The number of hydrogen-bond donors (Lipinski definition) is 0. The van der Waals surface area contributed by atoms with Crippen molar-refractivity contribution in [3.05, 3.63) is 17.6 Å². The van der Waals surface area contributed by atoms with Gasteiger partial charge in [0.25, 0.3) is 0 Å². The number of aryl methyl sites for hydroxylation is 1. The zero-order valence-corrected chi connectivity index (χ0v) is 10.5. The summed E-state index contributed by atoms with van der Waals surface area (Å²) in [6.07, 6.45) is 1.78. The predicted molar refractivity (Wildman–Crippen MR) is 64.5 cm³/mol. The van der Waals surface area contributed by atoms with Gasteiger partial charge in [0.05, 0.1) is 17.6 Å². The van der Waals surface area contributed by atoms with Crippen molar-refractivity contribution < 1.29 is 0 Å². The van der Waals surface area contributed by atoms with E-state index in [0.29, 0.717) is 11.8 Å². The van der Waals surface area contributed by atoms with Gasteiger partial charge in [-0.2, -0.15) is 5.10 Å². The first kappa shape index (κ1) is 11.0. The number of rotatable bonds is 2. The Hall–Kier alpha value is -1.45. The number of fused-ring (bicyclic) bond motifs is 1. The smallest absolute Gasteiger partial charge is 0.176 e. The Bertz CT molecular complexity index is 511.